The van der Waals surface area contributed by atoms with E-state index in [1.165, 1.54) is 11.3 Å². The Labute approximate surface area is 205 Å². The van der Waals surface area contributed by atoms with Crippen LogP contribution in [-0.2, 0) is 9.59 Å². The molecule has 2 aliphatic rings. The molecule has 0 saturated carbocycles. The number of rotatable bonds is 3. The highest BCUT2D eigenvalue weighted by Gasteiger charge is 2.46. The lowest BCUT2D eigenvalue weighted by Gasteiger charge is -2.25. The fraction of sp³-hybridized carbons (Fsp3) is 0.333. The minimum atomic E-state index is -0.534. The first-order chi connectivity index (χ1) is 16.3. The molecule has 4 amide bonds. The largest absolute Gasteiger partial charge is 0.347 e. The molecule has 0 radical (unpaired) electrons. The number of aryl methyl sites for hydroxylation is 1. The number of nitrogens with one attached hydrogen (secondary N) is 3. The third kappa shape index (κ3) is 4.45. The van der Waals surface area contributed by atoms with Gasteiger partial charge in [-0.3, -0.25) is 14.9 Å². The van der Waals surface area contributed by atoms with Crippen molar-refractivity contribution in [1.29, 1.82) is 0 Å². The van der Waals surface area contributed by atoms with E-state index in [-0.39, 0.29) is 17.8 Å². The smallest absolute Gasteiger partial charge is 0.323 e. The molecule has 8 nitrogen and oxygen atoms in total. The van der Waals surface area contributed by atoms with Crippen molar-refractivity contribution in [1.82, 2.24) is 10.3 Å². The molecule has 2 aromatic carbocycles. The van der Waals surface area contributed by atoms with Gasteiger partial charge < -0.3 is 15.5 Å². The molecule has 176 valence electrons. The zero-order chi connectivity index (χ0) is 23.9. The van der Waals surface area contributed by atoms with Crippen molar-refractivity contribution in [3.8, 4) is 0 Å². The van der Waals surface area contributed by atoms with Crippen LogP contribution in [0.3, 0.4) is 0 Å². The van der Waals surface area contributed by atoms with Crippen LogP contribution in [-0.4, -0.2) is 35.9 Å². The number of thiazole rings is 1. The zero-order valence-electron chi connectivity index (χ0n) is 18.6. The number of urea groups is 1. The van der Waals surface area contributed by atoms with Crippen molar-refractivity contribution in [2.45, 2.75) is 32.6 Å². The van der Waals surface area contributed by atoms with E-state index in [9.17, 15) is 14.4 Å². The van der Waals surface area contributed by atoms with Crippen LogP contribution in [0.1, 0.15) is 31.2 Å². The summed E-state index contributed by atoms with van der Waals surface area (Å²) in [4.78, 5) is 43.7. The van der Waals surface area contributed by atoms with Crippen LogP contribution in [0, 0.1) is 12.3 Å². The van der Waals surface area contributed by atoms with Gasteiger partial charge in [-0.1, -0.05) is 29.0 Å². The number of carbonyl (C=O) groups is 3. The van der Waals surface area contributed by atoms with E-state index in [0.717, 1.165) is 27.3 Å². The molecule has 1 aromatic heterocycles. The van der Waals surface area contributed by atoms with E-state index in [1.54, 1.807) is 12.1 Å². The van der Waals surface area contributed by atoms with Crippen LogP contribution in [0.4, 0.5) is 21.3 Å². The number of halogens is 1. The Hall–Kier alpha value is -3.17. The molecule has 34 heavy (non-hydrogen) atoms. The van der Waals surface area contributed by atoms with Crippen molar-refractivity contribution in [3.63, 3.8) is 0 Å². The number of hydrogen-bond acceptors (Lipinski definition) is 6. The molecule has 10 heteroatoms. The molecule has 3 aromatic rings. The first-order valence-corrected chi connectivity index (χ1v) is 12.3. The van der Waals surface area contributed by atoms with Gasteiger partial charge in [0, 0.05) is 35.9 Å². The fourth-order valence-electron chi connectivity index (χ4n) is 4.54. The van der Waals surface area contributed by atoms with Crippen molar-refractivity contribution >= 4 is 67.5 Å². The van der Waals surface area contributed by atoms with Gasteiger partial charge >= 0.3 is 6.03 Å². The number of amides is 4. The monoisotopic (exact) mass is 497 g/mol. The van der Waals surface area contributed by atoms with Gasteiger partial charge in [-0.05, 0) is 62.1 Å². The highest BCUT2D eigenvalue weighted by molar-refractivity contribution is 7.22. The van der Waals surface area contributed by atoms with Gasteiger partial charge in [0.05, 0.1) is 15.6 Å². The van der Waals surface area contributed by atoms with Gasteiger partial charge in [-0.25, -0.2) is 9.78 Å². The topological polar surface area (TPSA) is 103 Å². The quantitative estimate of drug-likeness (QED) is 0.445. The summed E-state index contributed by atoms with van der Waals surface area (Å²) in [7, 11) is 0. The number of hydrogen-bond donors (Lipinski definition) is 3. The van der Waals surface area contributed by atoms with Gasteiger partial charge in [0.15, 0.2) is 5.13 Å². The van der Waals surface area contributed by atoms with Crippen molar-refractivity contribution in [2.24, 2.45) is 5.41 Å². The van der Waals surface area contributed by atoms with Crippen LogP contribution in [0.2, 0.25) is 5.02 Å². The maximum Gasteiger partial charge on any atom is 0.323 e. The molecule has 0 bridgehead atoms. The Kier molecular flexibility index (Phi) is 5.91. The molecule has 3 N–H and O–H groups in total. The molecule has 1 unspecified atom stereocenters. The second kappa shape index (κ2) is 8.88. The predicted molar refractivity (Wildman–Crippen MR) is 135 cm³/mol. The summed E-state index contributed by atoms with van der Waals surface area (Å²) in [6, 6.07) is 10.6. The lowest BCUT2D eigenvalue weighted by atomic mass is 9.82. The molecular formula is C24H24ClN5O3S. The van der Waals surface area contributed by atoms with E-state index in [1.807, 2.05) is 31.2 Å². The molecular weight excluding hydrogens is 474 g/mol. The highest BCUT2D eigenvalue weighted by atomic mass is 35.5. The molecule has 0 aliphatic carbocycles. The number of imide groups is 1. The Bertz CT molecular complexity index is 1310. The number of benzene rings is 2. The van der Waals surface area contributed by atoms with E-state index >= 15 is 0 Å². The standard InChI is InChI=1S/C24H24ClN5O3S/c1-14-4-5-15(11-17(14)25)26-22(33)27-16-6-7-18-19(12-16)34-23(28-18)30-10-9-24(13-30)8-2-3-20(31)29-21(24)32/h4-7,11-12H,2-3,8-10,13H2,1H3,(H2,26,27,33)(H,29,31,32). The van der Waals surface area contributed by atoms with Gasteiger partial charge in [0.2, 0.25) is 11.8 Å². The van der Waals surface area contributed by atoms with Crippen LogP contribution in [0.5, 0.6) is 0 Å². The summed E-state index contributed by atoms with van der Waals surface area (Å²) in [5.74, 6) is -0.346. The number of carbonyl (C=O) groups excluding carboxylic acids is 3. The van der Waals surface area contributed by atoms with E-state index in [2.05, 4.69) is 20.9 Å². The number of fused-ring (bicyclic) bond motifs is 1. The van der Waals surface area contributed by atoms with E-state index in [0.29, 0.717) is 48.7 Å². The van der Waals surface area contributed by atoms with Crippen molar-refractivity contribution in [3.05, 3.63) is 47.0 Å². The average Bonchev–Trinajstić information content (AvgIpc) is 3.37. The normalized spacial score (nSPS) is 20.5. The number of nitrogens with zero attached hydrogens (tertiary/aromatic N) is 2. The summed E-state index contributed by atoms with van der Waals surface area (Å²) in [5, 5.41) is 9.61. The van der Waals surface area contributed by atoms with Gasteiger partial charge in [0.25, 0.3) is 0 Å². The maximum absolute atomic E-state index is 12.7. The third-order valence-corrected chi connectivity index (χ3v) is 7.97. The molecule has 1 spiro atoms. The zero-order valence-corrected chi connectivity index (χ0v) is 20.2. The average molecular weight is 498 g/mol. The van der Waals surface area contributed by atoms with Crippen LogP contribution >= 0.6 is 22.9 Å². The second-order valence-corrected chi connectivity index (χ2v) is 10.3. The van der Waals surface area contributed by atoms with Crippen LogP contribution < -0.4 is 20.9 Å². The lowest BCUT2D eigenvalue weighted by Crippen LogP contribution is -2.43. The van der Waals surface area contributed by atoms with Gasteiger partial charge in [-0.2, -0.15) is 0 Å². The molecule has 2 aliphatic heterocycles. The van der Waals surface area contributed by atoms with Crippen LogP contribution in [0.25, 0.3) is 10.2 Å². The third-order valence-electron chi connectivity index (χ3n) is 6.48. The Morgan fingerprint density at radius 2 is 1.91 bits per heavy atom. The molecule has 2 saturated heterocycles. The maximum atomic E-state index is 12.7. The first-order valence-electron chi connectivity index (χ1n) is 11.2. The molecule has 3 heterocycles. The van der Waals surface area contributed by atoms with E-state index in [4.69, 9.17) is 16.6 Å². The first kappa shape index (κ1) is 22.6. The Balaban J connectivity index is 1.28. The summed E-state index contributed by atoms with van der Waals surface area (Å²) >= 11 is 7.66. The summed E-state index contributed by atoms with van der Waals surface area (Å²) < 4.78 is 0.938. The number of aromatic nitrogens is 1. The second-order valence-electron chi connectivity index (χ2n) is 8.90. The summed E-state index contributed by atoms with van der Waals surface area (Å²) in [6.45, 7) is 3.17. The fourth-order valence-corrected chi connectivity index (χ4v) is 5.75. The summed E-state index contributed by atoms with van der Waals surface area (Å²) in [5.41, 5.74) is 2.50. The lowest BCUT2D eigenvalue weighted by molar-refractivity contribution is -0.134. The molecule has 2 fully saturated rings. The SMILES string of the molecule is Cc1ccc(NC(=O)Nc2ccc3nc(N4CCC5(CCCC(=O)NC5=O)C4)sc3c2)cc1Cl. The van der Waals surface area contributed by atoms with Gasteiger partial charge in [0.1, 0.15) is 0 Å². The molecule has 1 atom stereocenters. The van der Waals surface area contributed by atoms with Gasteiger partial charge in [-0.15, -0.1) is 0 Å². The minimum absolute atomic E-state index is 0.161. The van der Waals surface area contributed by atoms with E-state index < -0.39 is 5.41 Å². The van der Waals surface area contributed by atoms with Crippen LogP contribution in [0.15, 0.2) is 36.4 Å². The summed E-state index contributed by atoms with van der Waals surface area (Å²) in [6.07, 6.45) is 2.53. The minimum Gasteiger partial charge on any atom is -0.347 e. The molecule has 5 rings (SSSR count). The van der Waals surface area contributed by atoms with Crippen molar-refractivity contribution in [2.75, 3.05) is 28.6 Å². The predicted octanol–water partition coefficient (Wildman–Crippen LogP) is 4.93. The Morgan fingerprint density at radius 3 is 2.71 bits per heavy atom. The highest BCUT2D eigenvalue weighted by Crippen LogP contribution is 2.41. The van der Waals surface area contributed by atoms with Crippen molar-refractivity contribution < 1.29 is 14.4 Å². The Morgan fingerprint density at radius 1 is 1.15 bits per heavy atom. The number of anilines is 3.